The number of hydrogen-bond acceptors (Lipinski definition) is 9. The molecule has 3 aromatic rings. The second-order valence-electron chi connectivity index (χ2n) is 8.26. The van der Waals surface area contributed by atoms with Crippen molar-refractivity contribution in [3.05, 3.63) is 36.3 Å². The highest BCUT2D eigenvalue weighted by Gasteiger charge is 2.27. The molecule has 180 valence electrons. The van der Waals surface area contributed by atoms with Crippen LogP contribution in [0.1, 0.15) is 36.0 Å². The quantitative estimate of drug-likeness (QED) is 0.315. The topological polar surface area (TPSA) is 183 Å². The molecule has 0 unspecified atom stereocenters. The summed E-state index contributed by atoms with van der Waals surface area (Å²) in [6.07, 6.45) is 5.72. The first-order chi connectivity index (χ1) is 16.4. The molecule has 12 nitrogen and oxygen atoms in total. The number of nitrogens with zero attached hydrogens (tertiary/aromatic N) is 4. The van der Waals surface area contributed by atoms with Crippen LogP contribution in [0.25, 0.3) is 16.8 Å². The Kier molecular flexibility index (Phi) is 6.89. The summed E-state index contributed by atoms with van der Waals surface area (Å²) in [4.78, 5) is 33.3. The lowest BCUT2D eigenvalue weighted by Gasteiger charge is -2.30. The normalized spacial score (nSPS) is 18.9. The number of rotatable bonds is 7. The standard InChI is InChI=1S/C22H28N8O4/c1-34-18-8-12(6-7-25-18)17-9-15(19-20(24)26-11-27-30(17)19)21(32)28-13-2-4-14(5-3-13)29-22(33)16(23)10-31/h6-9,11,13-14,16,31H,2-5,10,23H2,1H3,(H,28,32)(H,29,33)(H2,24,26,27)/t13?,14?,16-/m0/s1. The van der Waals surface area contributed by atoms with Crippen LogP contribution in [0.3, 0.4) is 0 Å². The molecule has 0 spiro atoms. The minimum atomic E-state index is -0.928. The highest BCUT2D eigenvalue weighted by atomic mass is 16.5. The summed E-state index contributed by atoms with van der Waals surface area (Å²) in [6.45, 7) is -0.399. The Morgan fingerprint density at radius 2 is 1.91 bits per heavy atom. The highest BCUT2D eigenvalue weighted by Crippen LogP contribution is 2.29. The maximum atomic E-state index is 13.2. The van der Waals surface area contributed by atoms with E-state index in [1.165, 1.54) is 13.4 Å². The number of amides is 2. The van der Waals surface area contributed by atoms with Crippen LogP contribution in [0.4, 0.5) is 5.82 Å². The van der Waals surface area contributed by atoms with E-state index in [0.29, 0.717) is 48.3 Å². The first-order valence-electron chi connectivity index (χ1n) is 11.0. The molecule has 0 saturated heterocycles. The molecule has 1 atom stereocenters. The molecular formula is C22H28N8O4. The molecule has 3 heterocycles. The maximum Gasteiger partial charge on any atom is 0.253 e. The van der Waals surface area contributed by atoms with Crippen molar-refractivity contribution in [1.82, 2.24) is 30.2 Å². The van der Waals surface area contributed by atoms with Crippen molar-refractivity contribution >= 4 is 23.1 Å². The Balaban J connectivity index is 1.51. The van der Waals surface area contributed by atoms with E-state index in [0.717, 1.165) is 5.56 Å². The fourth-order valence-corrected chi connectivity index (χ4v) is 4.16. The SMILES string of the molecule is COc1cc(-c2cc(C(=O)NC3CCC(NC(=O)[C@@H](N)CO)CC3)c3c(N)ncnn23)ccn1. The molecule has 0 aliphatic heterocycles. The van der Waals surface area contributed by atoms with E-state index in [1.54, 1.807) is 28.9 Å². The molecule has 4 rings (SSSR count). The van der Waals surface area contributed by atoms with Gasteiger partial charge in [-0.1, -0.05) is 0 Å². The average molecular weight is 469 g/mol. The van der Waals surface area contributed by atoms with Crippen LogP contribution in [0.15, 0.2) is 30.7 Å². The fraction of sp³-hybridized carbons (Fsp3) is 0.409. The van der Waals surface area contributed by atoms with Crippen molar-refractivity contribution in [3.8, 4) is 17.1 Å². The van der Waals surface area contributed by atoms with Crippen molar-refractivity contribution in [1.29, 1.82) is 0 Å². The second-order valence-corrected chi connectivity index (χ2v) is 8.26. The Bertz CT molecular complexity index is 1190. The first-order valence-corrected chi connectivity index (χ1v) is 11.0. The number of carbonyl (C=O) groups excluding carboxylic acids is 2. The second kappa shape index (κ2) is 10.0. The number of nitrogens with two attached hydrogens (primary N) is 2. The van der Waals surface area contributed by atoms with Crippen molar-refractivity contribution in [2.45, 2.75) is 43.8 Å². The Hall–Kier alpha value is -3.77. The van der Waals surface area contributed by atoms with Crippen LogP contribution in [0.5, 0.6) is 5.88 Å². The summed E-state index contributed by atoms with van der Waals surface area (Å²) < 4.78 is 6.80. The van der Waals surface area contributed by atoms with Crippen LogP contribution in [0, 0.1) is 0 Å². The van der Waals surface area contributed by atoms with Gasteiger partial charge in [-0.3, -0.25) is 9.59 Å². The molecule has 1 saturated carbocycles. The lowest BCUT2D eigenvalue weighted by Crippen LogP contribution is -2.49. The van der Waals surface area contributed by atoms with Crippen molar-refractivity contribution in [2.75, 3.05) is 19.5 Å². The molecule has 3 aromatic heterocycles. The van der Waals surface area contributed by atoms with Crippen LogP contribution < -0.4 is 26.8 Å². The molecule has 12 heteroatoms. The molecule has 0 radical (unpaired) electrons. The number of hydrogen-bond donors (Lipinski definition) is 5. The third-order valence-electron chi connectivity index (χ3n) is 6.01. The molecule has 0 aromatic carbocycles. The summed E-state index contributed by atoms with van der Waals surface area (Å²) in [5, 5.41) is 19.2. The maximum absolute atomic E-state index is 13.2. The number of fused-ring (bicyclic) bond motifs is 1. The Morgan fingerprint density at radius 3 is 2.59 bits per heavy atom. The van der Waals surface area contributed by atoms with Crippen molar-refractivity contribution < 1.29 is 19.4 Å². The van der Waals surface area contributed by atoms with Gasteiger partial charge in [-0.05, 0) is 37.8 Å². The average Bonchev–Trinajstić information content (AvgIpc) is 3.26. The third-order valence-corrected chi connectivity index (χ3v) is 6.01. The van der Waals surface area contributed by atoms with Crippen LogP contribution >= 0.6 is 0 Å². The Labute approximate surface area is 195 Å². The number of methoxy groups -OCH3 is 1. The van der Waals surface area contributed by atoms with Crippen LogP contribution in [0.2, 0.25) is 0 Å². The van der Waals surface area contributed by atoms with Gasteiger partial charge in [0.2, 0.25) is 11.8 Å². The highest BCUT2D eigenvalue weighted by molar-refractivity contribution is 6.05. The number of nitrogens with one attached hydrogen (secondary N) is 2. The zero-order chi connectivity index (χ0) is 24.2. The molecule has 1 aliphatic rings. The number of aliphatic hydroxyl groups excluding tert-OH is 1. The fourth-order valence-electron chi connectivity index (χ4n) is 4.16. The first kappa shape index (κ1) is 23.4. The minimum absolute atomic E-state index is 0.0362. The van der Waals surface area contributed by atoms with Crippen LogP contribution in [-0.2, 0) is 4.79 Å². The summed E-state index contributed by atoms with van der Waals surface area (Å²) in [6, 6.07) is 4.25. The van der Waals surface area contributed by atoms with Crippen molar-refractivity contribution in [2.24, 2.45) is 5.73 Å². The third kappa shape index (κ3) is 4.77. The molecule has 1 aliphatic carbocycles. The monoisotopic (exact) mass is 468 g/mol. The summed E-state index contributed by atoms with van der Waals surface area (Å²) in [7, 11) is 1.53. The van der Waals surface area contributed by atoms with Gasteiger partial charge < -0.3 is 31.9 Å². The number of pyridine rings is 1. The molecule has 1 fully saturated rings. The van der Waals surface area contributed by atoms with E-state index in [-0.39, 0.29) is 29.7 Å². The lowest BCUT2D eigenvalue weighted by atomic mass is 9.90. The van der Waals surface area contributed by atoms with E-state index >= 15 is 0 Å². The van der Waals surface area contributed by atoms with Gasteiger partial charge in [0, 0.05) is 29.9 Å². The summed E-state index contributed by atoms with van der Waals surface area (Å²) in [5.41, 5.74) is 13.9. The smallest absolute Gasteiger partial charge is 0.253 e. The Morgan fingerprint density at radius 1 is 1.21 bits per heavy atom. The number of aliphatic hydroxyl groups is 1. The zero-order valence-corrected chi connectivity index (χ0v) is 18.8. The predicted octanol–water partition coefficient (Wildman–Crippen LogP) is -0.141. The summed E-state index contributed by atoms with van der Waals surface area (Å²) >= 11 is 0. The van der Waals surface area contributed by atoms with E-state index in [2.05, 4.69) is 25.7 Å². The molecule has 34 heavy (non-hydrogen) atoms. The lowest BCUT2D eigenvalue weighted by molar-refractivity contribution is -0.124. The van der Waals surface area contributed by atoms with Gasteiger partial charge in [-0.2, -0.15) is 5.10 Å². The van der Waals surface area contributed by atoms with E-state index < -0.39 is 12.6 Å². The van der Waals surface area contributed by atoms with Gasteiger partial charge in [-0.15, -0.1) is 0 Å². The van der Waals surface area contributed by atoms with Crippen molar-refractivity contribution in [3.63, 3.8) is 0 Å². The summed E-state index contributed by atoms with van der Waals surface area (Å²) in [5.74, 6) is -0.0181. The van der Waals surface area contributed by atoms with Gasteiger partial charge in [0.15, 0.2) is 5.82 Å². The number of nitrogen functional groups attached to an aromatic ring is 1. The molecular weight excluding hydrogens is 440 g/mol. The van der Waals surface area contributed by atoms with Gasteiger partial charge in [0.25, 0.3) is 5.91 Å². The van der Waals surface area contributed by atoms with Gasteiger partial charge in [0.1, 0.15) is 17.9 Å². The molecule has 2 amide bonds. The largest absolute Gasteiger partial charge is 0.481 e. The number of anilines is 1. The number of aromatic nitrogens is 4. The predicted molar refractivity (Wildman–Crippen MR) is 124 cm³/mol. The van der Waals surface area contributed by atoms with E-state index in [1.807, 2.05) is 0 Å². The molecule has 0 bridgehead atoms. The van der Waals surface area contributed by atoms with Gasteiger partial charge in [0.05, 0.1) is 25.0 Å². The minimum Gasteiger partial charge on any atom is -0.481 e. The van der Waals surface area contributed by atoms with E-state index in [4.69, 9.17) is 21.3 Å². The van der Waals surface area contributed by atoms with Crippen LogP contribution in [-0.4, -0.2) is 68.3 Å². The number of ether oxygens (including phenoxy) is 1. The van der Waals surface area contributed by atoms with E-state index in [9.17, 15) is 9.59 Å². The zero-order valence-electron chi connectivity index (χ0n) is 18.8. The van der Waals surface area contributed by atoms with Gasteiger partial charge >= 0.3 is 0 Å². The number of carbonyl (C=O) groups is 2. The van der Waals surface area contributed by atoms with Gasteiger partial charge in [-0.25, -0.2) is 14.5 Å². The molecule has 7 N–H and O–H groups in total.